The van der Waals surface area contributed by atoms with Gasteiger partial charge in [-0.25, -0.2) is 0 Å². The summed E-state index contributed by atoms with van der Waals surface area (Å²) in [5.41, 5.74) is -0.493. The minimum atomic E-state index is -0.493. The van der Waals surface area contributed by atoms with Gasteiger partial charge in [0.2, 0.25) is 0 Å². The molecule has 1 aliphatic carbocycles. The Bertz CT molecular complexity index is 337. The minimum absolute atomic E-state index is 0.234. The number of hydrogen-bond acceptors (Lipinski definition) is 2. The van der Waals surface area contributed by atoms with E-state index < -0.39 is 5.60 Å². The molecule has 1 amide bonds. The van der Waals surface area contributed by atoms with E-state index in [1.54, 1.807) is 0 Å². The fraction of sp³-hybridized carbons (Fsp3) is 0.929. The van der Waals surface area contributed by atoms with E-state index in [0.29, 0.717) is 0 Å². The van der Waals surface area contributed by atoms with Crippen LogP contribution < -0.4 is 0 Å². The van der Waals surface area contributed by atoms with Gasteiger partial charge < -0.3 is 9.64 Å². The zero-order valence-electron chi connectivity index (χ0n) is 11.1. The van der Waals surface area contributed by atoms with E-state index in [-0.39, 0.29) is 5.91 Å². The lowest BCUT2D eigenvalue weighted by atomic mass is 9.91. The molecule has 5 atom stereocenters. The summed E-state index contributed by atoms with van der Waals surface area (Å²) in [5, 5.41) is 0. The van der Waals surface area contributed by atoms with Gasteiger partial charge in [0.25, 0.3) is 5.91 Å². The number of rotatable bonds is 1. The Balaban J connectivity index is 1.67. The van der Waals surface area contributed by atoms with Crippen LogP contribution in [0, 0.1) is 23.7 Å². The lowest BCUT2D eigenvalue weighted by molar-refractivity contribution is -0.181. The smallest absolute Gasteiger partial charge is 0.254 e. The standard InChI is InChI=1S/C14H23NO2/c1-9-6-11-7-15(8-12(11)10(9)2)13(16)14(3)4-5-17-14/h9-12H,4-8H2,1-3H3/t9-,10+,11-,12-,14?/m1/s1. The molecule has 0 aromatic rings. The maximum atomic E-state index is 12.4. The highest BCUT2D eigenvalue weighted by Crippen LogP contribution is 2.46. The fourth-order valence-corrected chi connectivity index (χ4v) is 3.93. The molecule has 0 aromatic heterocycles. The first-order valence-electron chi connectivity index (χ1n) is 6.94. The molecular weight excluding hydrogens is 214 g/mol. The Kier molecular flexibility index (Phi) is 2.51. The van der Waals surface area contributed by atoms with Crippen LogP contribution in [-0.4, -0.2) is 36.1 Å². The molecule has 0 bridgehead atoms. The van der Waals surface area contributed by atoms with Gasteiger partial charge in [0.05, 0.1) is 6.61 Å². The number of carbonyl (C=O) groups is 1. The first-order valence-corrected chi connectivity index (χ1v) is 6.94. The predicted octanol–water partition coefficient (Wildman–Crippen LogP) is 1.92. The summed E-state index contributed by atoms with van der Waals surface area (Å²) in [6.07, 6.45) is 2.19. The third kappa shape index (κ3) is 1.62. The van der Waals surface area contributed by atoms with Gasteiger partial charge in [-0.2, -0.15) is 0 Å². The molecule has 2 aliphatic heterocycles. The SMILES string of the molecule is C[C@@H]1[C@H]2CN(C(=O)C3(C)CCO3)C[C@H]2C[C@H]1C. The van der Waals surface area contributed by atoms with E-state index in [4.69, 9.17) is 4.74 Å². The van der Waals surface area contributed by atoms with Crippen LogP contribution in [0.5, 0.6) is 0 Å². The van der Waals surface area contributed by atoms with Gasteiger partial charge in [-0.3, -0.25) is 4.79 Å². The van der Waals surface area contributed by atoms with Crippen LogP contribution >= 0.6 is 0 Å². The Labute approximate surface area is 104 Å². The molecule has 0 spiro atoms. The molecule has 3 rings (SSSR count). The van der Waals surface area contributed by atoms with E-state index in [1.165, 1.54) is 6.42 Å². The second-order valence-electron chi connectivity index (χ2n) is 6.54. The van der Waals surface area contributed by atoms with Gasteiger partial charge >= 0.3 is 0 Å². The van der Waals surface area contributed by atoms with Crippen LogP contribution in [0.1, 0.15) is 33.6 Å². The maximum Gasteiger partial charge on any atom is 0.254 e. The zero-order chi connectivity index (χ0) is 12.2. The van der Waals surface area contributed by atoms with Crippen molar-refractivity contribution in [1.82, 2.24) is 4.90 Å². The molecule has 3 aliphatic rings. The van der Waals surface area contributed by atoms with Crippen molar-refractivity contribution in [2.24, 2.45) is 23.7 Å². The molecule has 0 radical (unpaired) electrons. The van der Waals surface area contributed by atoms with Crippen LogP contribution in [0.2, 0.25) is 0 Å². The summed E-state index contributed by atoms with van der Waals surface area (Å²) in [6, 6.07) is 0. The van der Waals surface area contributed by atoms with Crippen molar-refractivity contribution in [2.45, 2.75) is 39.2 Å². The lowest BCUT2D eigenvalue weighted by Crippen LogP contribution is -2.54. The van der Waals surface area contributed by atoms with E-state index in [0.717, 1.165) is 49.8 Å². The number of fused-ring (bicyclic) bond motifs is 1. The average molecular weight is 237 g/mol. The molecule has 96 valence electrons. The third-order valence-electron chi connectivity index (χ3n) is 5.48. The second kappa shape index (κ2) is 3.71. The van der Waals surface area contributed by atoms with Gasteiger partial charge in [0.1, 0.15) is 5.60 Å². The van der Waals surface area contributed by atoms with Crippen molar-refractivity contribution < 1.29 is 9.53 Å². The summed E-state index contributed by atoms with van der Waals surface area (Å²) < 4.78 is 5.47. The van der Waals surface area contributed by atoms with Gasteiger partial charge in [-0.15, -0.1) is 0 Å². The molecule has 1 saturated carbocycles. The largest absolute Gasteiger partial charge is 0.365 e. The van der Waals surface area contributed by atoms with Crippen LogP contribution in [0.15, 0.2) is 0 Å². The molecule has 3 heteroatoms. The molecule has 0 N–H and O–H groups in total. The van der Waals surface area contributed by atoms with E-state index in [9.17, 15) is 4.79 Å². The Morgan fingerprint density at radius 2 is 2.06 bits per heavy atom. The molecule has 3 fully saturated rings. The number of ether oxygens (including phenoxy) is 1. The quantitative estimate of drug-likeness (QED) is 0.697. The van der Waals surface area contributed by atoms with Crippen molar-refractivity contribution in [2.75, 3.05) is 19.7 Å². The normalized spacial score (nSPS) is 49.0. The maximum absolute atomic E-state index is 12.4. The highest BCUT2D eigenvalue weighted by molar-refractivity contribution is 5.86. The monoisotopic (exact) mass is 237 g/mol. The first kappa shape index (κ1) is 11.5. The summed E-state index contributed by atoms with van der Waals surface area (Å²) in [5.74, 6) is 3.31. The summed E-state index contributed by atoms with van der Waals surface area (Å²) in [6.45, 7) is 9.33. The van der Waals surface area contributed by atoms with Gasteiger partial charge in [0, 0.05) is 19.5 Å². The molecule has 2 heterocycles. The highest BCUT2D eigenvalue weighted by atomic mass is 16.5. The van der Waals surface area contributed by atoms with E-state index in [1.807, 2.05) is 6.92 Å². The zero-order valence-corrected chi connectivity index (χ0v) is 11.1. The van der Waals surface area contributed by atoms with E-state index in [2.05, 4.69) is 18.7 Å². The number of amides is 1. The van der Waals surface area contributed by atoms with E-state index >= 15 is 0 Å². The predicted molar refractivity (Wildman–Crippen MR) is 65.5 cm³/mol. The molecule has 2 saturated heterocycles. The lowest BCUT2D eigenvalue weighted by Gasteiger charge is -2.40. The molecule has 3 nitrogen and oxygen atoms in total. The topological polar surface area (TPSA) is 29.5 Å². The van der Waals surface area contributed by atoms with Crippen molar-refractivity contribution in [1.29, 1.82) is 0 Å². The van der Waals surface area contributed by atoms with Crippen molar-refractivity contribution in [3.8, 4) is 0 Å². The van der Waals surface area contributed by atoms with Crippen LogP contribution in [0.25, 0.3) is 0 Å². The number of likely N-dealkylation sites (tertiary alicyclic amines) is 1. The number of hydrogen-bond donors (Lipinski definition) is 0. The van der Waals surface area contributed by atoms with Crippen LogP contribution in [0.3, 0.4) is 0 Å². The second-order valence-corrected chi connectivity index (χ2v) is 6.54. The number of carbonyl (C=O) groups excluding carboxylic acids is 1. The van der Waals surface area contributed by atoms with Crippen LogP contribution in [-0.2, 0) is 9.53 Å². The Morgan fingerprint density at radius 1 is 1.35 bits per heavy atom. The molecule has 1 unspecified atom stereocenters. The van der Waals surface area contributed by atoms with Gasteiger partial charge in [0.15, 0.2) is 0 Å². The third-order valence-corrected chi connectivity index (χ3v) is 5.48. The van der Waals surface area contributed by atoms with Crippen molar-refractivity contribution >= 4 is 5.91 Å². The summed E-state index contributed by atoms with van der Waals surface area (Å²) in [7, 11) is 0. The molecule has 17 heavy (non-hydrogen) atoms. The Morgan fingerprint density at radius 3 is 2.59 bits per heavy atom. The average Bonchev–Trinajstić information content (AvgIpc) is 2.76. The van der Waals surface area contributed by atoms with Gasteiger partial charge in [-0.05, 0) is 37.0 Å². The van der Waals surface area contributed by atoms with Gasteiger partial charge in [-0.1, -0.05) is 13.8 Å². The number of nitrogens with zero attached hydrogens (tertiary/aromatic N) is 1. The van der Waals surface area contributed by atoms with Crippen molar-refractivity contribution in [3.05, 3.63) is 0 Å². The first-order chi connectivity index (χ1) is 8.01. The summed E-state index contributed by atoms with van der Waals surface area (Å²) >= 11 is 0. The van der Waals surface area contributed by atoms with Crippen molar-refractivity contribution in [3.63, 3.8) is 0 Å². The minimum Gasteiger partial charge on any atom is -0.365 e. The fourth-order valence-electron chi connectivity index (χ4n) is 3.93. The Hall–Kier alpha value is -0.570. The highest BCUT2D eigenvalue weighted by Gasteiger charge is 2.50. The summed E-state index contributed by atoms with van der Waals surface area (Å²) in [4.78, 5) is 14.4. The molecular formula is C14H23NO2. The molecule has 0 aromatic carbocycles. The van der Waals surface area contributed by atoms with Crippen LogP contribution in [0.4, 0.5) is 0 Å².